The van der Waals surface area contributed by atoms with Crippen molar-refractivity contribution in [3.63, 3.8) is 0 Å². The quantitative estimate of drug-likeness (QED) is 0.0285. The Morgan fingerprint density at radius 1 is 0.296 bits per heavy atom. The molecule has 7 rings (SSSR count). The van der Waals surface area contributed by atoms with E-state index in [0.29, 0.717) is 0 Å². The van der Waals surface area contributed by atoms with Crippen LogP contribution in [0.3, 0.4) is 0 Å². The van der Waals surface area contributed by atoms with E-state index in [9.17, 15) is 22.0 Å². The predicted octanol–water partition coefficient (Wildman–Crippen LogP) is 17.3. The number of rotatable bonds is 14. The zero-order valence-corrected chi connectivity index (χ0v) is 47.2. The second-order valence-corrected chi connectivity index (χ2v) is 39.4. The largest absolute Gasteiger partial charge is 0.707 e. The summed E-state index contributed by atoms with van der Waals surface area (Å²) < 4.78 is 67.2. The molecular weight excluding hydrogens is 1130 g/mol. The maximum absolute atomic E-state index is 12.7. The van der Waals surface area contributed by atoms with Gasteiger partial charge < -0.3 is 14.7 Å². The molecule has 0 aliphatic carbocycles. The number of hydrogen-bond donors (Lipinski definition) is 2. The molecule has 0 fully saturated rings. The molecule has 0 bridgehead atoms. The van der Waals surface area contributed by atoms with Gasteiger partial charge in [-0.3, -0.25) is 0 Å². The zero-order valence-electron chi connectivity index (χ0n) is 42.8. The third-order valence-electron chi connectivity index (χ3n) is 13.0. The van der Waals surface area contributed by atoms with Gasteiger partial charge in [0.05, 0.1) is 0 Å². The first-order valence-corrected chi connectivity index (χ1v) is 30.0. The smallest absolute Gasteiger partial charge is 0.507 e. The number of hydrogen-bond acceptors (Lipinski definition) is 3. The van der Waals surface area contributed by atoms with E-state index < -0.39 is 81.8 Å². The van der Waals surface area contributed by atoms with Crippen molar-refractivity contribution in [2.45, 2.75) is 104 Å². The Morgan fingerprint density at radius 3 is 0.606 bits per heavy atom. The van der Waals surface area contributed by atoms with Crippen LogP contribution in [-0.4, -0.2) is 17.4 Å². The van der Waals surface area contributed by atoms with E-state index in [4.69, 9.17) is 10.0 Å². The maximum atomic E-state index is 12.7. The summed E-state index contributed by atoms with van der Waals surface area (Å²) in [6, 6.07) is 67.0. The Bertz CT molecular complexity index is 2330. The van der Waals surface area contributed by atoms with E-state index in [1.54, 1.807) is 0 Å². The molecule has 0 atom stereocenters. The fraction of sp³-hybridized carbons (Fsp3) is 0.300. The summed E-state index contributed by atoms with van der Waals surface area (Å²) in [5, 5.41) is 16.3. The monoisotopic (exact) mass is 1200 g/mol. The molecule has 0 aromatic heterocycles. The van der Waals surface area contributed by atoms with Crippen molar-refractivity contribution in [3.05, 3.63) is 244 Å². The fourth-order valence-electron chi connectivity index (χ4n) is 10.00. The van der Waals surface area contributed by atoms with Crippen molar-refractivity contribution < 1.29 is 36.7 Å². The molecule has 0 amide bonds. The van der Waals surface area contributed by atoms with Crippen LogP contribution in [-0.2, 0) is 20.5 Å². The van der Waals surface area contributed by atoms with Crippen molar-refractivity contribution in [1.82, 2.24) is 0 Å². The molecule has 0 saturated carbocycles. The van der Waals surface area contributed by atoms with Gasteiger partial charge in [-0.2, -0.15) is 8.78 Å². The molecular formula is C60H68BF5I2O3. The molecule has 0 heterocycles. The molecule has 7 aromatic rings. The van der Waals surface area contributed by atoms with Gasteiger partial charge in [0.15, 0.2) is 5.75 Å². The van der Waals surface area contributed by atoms with Crippen LogP contribution in [0.2, 0.25) is 0 Å². The van der Waals surface area contributed by atoms with Gasteiger partial charge in [0.1, 0.15) is 0 Å². The summed E-state index contributed by atoms with van der Waals surface area (Å²) in [6.45, 7) is 29.9. The summed E-state index contributed by atoms with van der Waals surface area (Å²) in [4.78, 5) is 0. The van der Waals surface area contributed by atoms with E-state index in [0.717, 1.165) is 0 Å². The molecule has 11 heteroatoms. The van der Waals surface area contributed by atoms with Crippen molar-refractivity contribution >= 4 is 47.0 Å². The van der Waals surface area contributed by atoms with Gasteiger partial charge in [-0.25, -0.2) is 13.2 Å². The average Bonchev–Trinajstić information content (AvgIpc) is 3.35. The normalized spacial score (nSPS) is 12.7. The molecule has 0 unspecified atom stereocenters. The van der Waals surface area contributed by atoms with E-state index in [1.807, 2.05) is 0 Å². The fourth-order valence-corrected chi connectivity index (χ4v) is 36.1. The second-order valence-electron chi connectivity index (χ2n) is 19.9. The molecule has 0 saturated heterocycles. The van der Waals surface area contributed by atoms with E-state index in [2.05, 4.69) is 270 Å². The second kappa shape index (κ2) is 23.5. The van der Waals surface area contributed by atoms with Crippen LogP contribution < -0.4 is 4.65 Å². The first kappa shape index (κ1) is 57.3. The van der Waals surface area contributed by atoms with Crippen LogP contribution in [0.1, 0.15) is 116 Å². The van der Waals surface area contributed by atoms with Gasteiger partial charge in [0.2, 0.25) is 29.1 Å². The molecule has 378 valence electrons. The Labute approximate surface area is 434 Å². The van der Waals surface area contributed by atoms with E-state index >= 15 is 0 Å². The summed E-state index contributed by atoms with van der Waals surface area (Å²) in [6.07, 6.45) is 0. The Hall–Kier alpha value is -4.57. The molecule has 0 radical (unpaired) electrons. The van der Waals surface area contributed by atoms with Gasteiger partial charge in [-0.05, 0) is 0 Å². The number of benzene rings is 7. The third-order valence-corrected chi connectivity index (χ3v) is 32.9. The first-order valence-electron chi connectivity index (χ1n) is 23.5. The van der Waals surface area contributed by atoms with Crippen LogP contribution in [0, 0.1) is 29.1 Å². The van der Waals surface area contributed by atoms with Gasteiger partial charge in [0, 0.05) is 0 Å². The summed E-state index contributed by atoms with van der Waals surface area (Å²) in [7, 11) is -2.70. The Kier molecular flexibility index (Phi) is 19.0. The molecule has 0 aliphatic heterocycles. The van der Waals surface area contributed by atoms with Crippen molar-refractivity contribution in [2.24, 2.45) is 0 Å². The van der Waals surface area contributed by atoms with E-state index in [1.165, 1.54) is 33.4 Å². The zero-order chi connectivity index (χ0) is 52.6. The molecule has 0 spiro atoms. The molecule has 0 aliphatic rings. The SMILES string of the molecule is CC(C)(c1ccccc1)I(C(C)(C)c1ccccc1)C(C)(C)c1ccccc1.CC(C)(c1ccccc1)I(C(C)(C)c1ccccc1)C(C)(C)c1ccccc1.OB(O)Oc1c(F)c(F)c(F)c(F)c1F. The van der Waals surface area contributed by atoms with Crippen LogP contribution in [0.5, 0.6) is 5.75 Å². The Morgan fingerprint density at radius 2 is 0.451 bits per heavy atom. The van der Waals surface area contributed by atoms with Crippen LogP contribution in [0.15, 0.2) is 182 Å². The first-order chi connectivity index (χ1) is 33.2. The average molecular weight is 1200 g/mol. The molecule has 3 nitrogen and oxygen atoms in total. The predicted molar refractivity (Wildman–Crippen MR) is 302 cm³/mol. The van der Waals surface area contributed by atoms with Crippen LogP contribution in [0.4, 0.5) is 22.0 Å². The minimum absolute atomic E-state index is 0.143. The van der Waals surface area contributed by atoms with Crippen molar-refractivity contribution in [2.75, 3.05) is 0 Å². The van der Waals surface area contributed by atoms with E-state index in [-0.39, 0.29) is 20.5 Å². The molecule has 7 aromatic carbocycles. The number of halogens is 7. The summed E-state index contributed by atoms with van der Waals surface area (Å²) in [5.74, 6) is -13.1. The Balaban J connectivity index is 0.000000208. The van der Waals surface area contributed by atoms with Gasteiger partial charge in [0.25, 0.3) is 0 Å². The maximum Gasteiger partial charge on any atom is 0.707 e. The van der Waals surface area contributed by atoms with Gasteiger partial charge >= 0.3 is 366 Å². The van der Waals surface area contributed by atoms with Crippen LogP contribution in [0.25, 0.3) is 0 Å². The van der Waals surface area contributed by atoms with Gasteiger partial charge in [-0.15, -0.1) is 0 Å². The molecule has 71 heavy (non-hydrogen) atoms. The standard InChI is InChI=1S/2C27H33I.C6H2BF5O3/c2*1-25(2,22-16-10-7-11-17-22)28(26(3,4)23-18-12-8-13-19-23)27(5,6)24-20-14-9-15-21-24;8-1-2(9)4(11)6(15-7(13)14)5(12)3(1)10/h2*7-21H,1-6H3;13-14H. The van der Waals surface area contributed by atoms with Gasteiger partial charge in [-0.1, -0.05) is 0 Å². The topological polar surface area (TPSA) is 49.7 Å². The van der Waals surface area contributed by atoms with Crippen molar-refractivity contribution in [1.29, 1.82) is 0 Å². The van der Waals surface area contributed by atoms with Crippen LogP contribution >= 0.6 is 39.6 Å². The van der Waals surface area contributed by atoms with Crippen molar-refractivity contribution in [3.8, 4) is 5.75 Å². The minimum atomic E-state index is -2.70. The third kappa shape index (κ3) is 12.8. The number of alkyl halides is 6. The summed E-state index contributed by atoms with van der Waals surface area (Å²) >= 11 is -3.57. The summed E-state index contributed by atoms with van der Waals surface area (Å²) in [5.41, 5.74) is 8.80. The minimum Gasteiger partial charge on any atom is -0.507 e. The molecule has 2 N–H and O–H groups in total.